The van der Waals surface area contributed by atoms with E-state index in [2.05, 4.69) is 6.92 Å². The number of fused-ring (bicyclic) bond motifs is 4. The Morgan fingerprint density at radius 2 is 1.58 bits per heavy atom. The van der Waals surface area contributed by atoms with Gasteiger partial charge >= 0.3 is 0 Å². The molecule has 1 fully saturated rings. The van der Waals surface area contributed by atoms with E-state index in [9.17, 15) is 14.4 Å². The maximum atomic E-state index is 13.1. The fraction of sp³-hybridized carbons (Fsp3) is 0.250. The smallest absolute Gasteiger partial charge is 0.261 e. The molecule has 3 aliphatic rings. The summed E-state index contributed by atoms with van der Waals surface area (Å²) < 4.78 is 5.74. The first kappa shape index (κ1) is 15.3. The second kappa shape index (κ2) is 5.02. The number of hydrogen-bond donors (Lipinski definition) is 0. The Morgan fingerprint density at radius 1 is 0.923 bits per heavy atom. The lowest BCUT2D eigenvalue weighted by molar-refractivity contribution is 0.0693. The van der Waals surface area contributed by atoms with Gasteiger partial charge in [-0.2, -0.15) is 0 Å². The van der Waals surface area contributed by atoms with Crippen LogP contribution in [0, 0.1) is 0 Å². The molecule has 130 valence electrons. The van der Waals surface area contributed by atoms with Crippen LogP contribution in [0.1, 0.15) is 55.2 Å². The van der Waals surface area contributed by atoms with Crippen LogP contribution in [0.3, 0.4) is 0 Å². The number of hydrogen-bond acceptors (Lipinski definition) is 4. The molecule has 3 heterocycles. The lowest BCUT2D eigenvalue weighted by atomic mass is 9.93. The van der Waals surface area contributed by atoms with E-state index < -0.39 is 0 Å². The first-order valence-electron chi connectivity index (χ1n) is 8.59. The van der Waals surface area contributed by atoms with E-state index in [0.29, 0.717) is 16.7 Å². The molecule has 6 heteroatoms. The highest BCUT2D eigenvalue weighted by atomic mass is 16.6. The fourth-order valence-electron chi connectivity index (χ4n) is 3.77. The van der Waals surface area contributed by atoms with Gasteiger partial charge in [0.25, 0.3) is 17.7 Å². The lowest BCUT2D eigenvalue weighted by Gasteiger charge is -2.26. The predicted molar refractivity (Wildman–Crippen MR) is 93.1 cm³/mol. The Hall–Kier alpha value is -2.99. The quantitative estimate of drug-likeness (QED) is 0.618. The zero-order chi connectivity index (χ0) is 18.2. The minimum atomic E-state index is -0.377. The topological polar surface area (TPSA) is 70.2 Å². The molecule has 3 aliphatic heterocycles. The Kier molecular flexibility index (Phi) is 2.95. The predicted octanol–water partition coefficient (Wildman–Crippen LogP) is 2.53. The number of epoxide rings is 1. The molecule has 1 saturated heterocycles. The second-order valence-electron chi connectivity index (χ2n) is 6.80. The summed E-state index contributed by atoms with van der Waals surface area (Å²) in [6.07, 6.45) is 0.313. The van der Waals surface area contributed by atoms with Crippen molar-refractivity contribution in [1.29, 1.82) is 0 Å². The molecule has 0 saturated carbocycles. The molecule has 26 heavy (non-hydrogen) atoms. The number of anilines is 1. The molecule has 2 unspecified atom stereocenters. The molecule has 0 bridgehead atoms. The van der Waals surface area contributed by atoms with Crippen molar-refractivity contribution in [2.24, 2.45) is 0 Å². The normalized spacial score (nSPS) is 23.1. The monoisotopic (exact) mass is 348 g/mol. The van der Waals surface area contributed by atoms with Crippen LogP contribution in [0.25, 0.3) is 0 Å². The molecule has 6 nitrogen and oxygen atoms in total. The molecular formula is C20H16N2O4. The summed E-state index contributed by atoms with van der Waals surface area (Å²) in [5.74, 6) is -0.922. The molecule has 0 spiro atoms. The van der Waals surface area contributed by atoms with Crippen LogP contribution in [-0.2, 0) is 11.2 Å². The van der Waals surface area contributed by atoms with Crippen LogP contribution in [0.15, 0.2) is 36.4 Å². The van der Waals surface area contributed by atoms with Crippen molar-refractivity contribution in [3.05, 3.63) is 64.2 Å². The summed E-state index contributed by atoms with van der Waals surface area (Å²) >= 11 is 0. The lowest BCUT2D eigenvalue weighted by Crippen LogP contribution is -2.37. The van der Waals surface area contributed by atoms with E-state index in [-0.39, 0.29) is 35.6 Å². The van der Waals surface area contributed by atoms with Gasteiger partial charge in [-0.1, -0.05) is 19.1 Å². The number of aryl methyl sites for hydroxylation is 1. The van der Waals surface area contributed by atoms with E-state index in [4.69, 9.17) is 4.74 Å². The number of carbonyl (C=O) groups excluding carboxylic acids is 3. The summed E-state index contributed by atoms with van der Waals surface area (Å²) in [5, 5.41) is 0. The highest BCUT2D eigenvalue weighted by Gasteiger charge is 2.54. The van der Waals surface area contributed by atoms with Gasteiger partial charge in [-0.25, -0.2) is 0 Å². The highest BCUT2D eigenvalue weighted by molar-refractivity contribution is 6.22. The first-order chi connectivity index (χ1) is 12.5. The minimum Gasteiger partial charge on any atom is -0.342 e. The van der Waals surface area contributed by atoms with Crippen LogP contribution in [-0.4, -0.2) is 35.9 Å². The Balaban J connectivity index is 1.60. The van der Waals surface area contributed by atoms with Crippen LogP contribution in [0.2, 0.25) is 0 Å². The zero-order valence-corrected chi connectivity index (χ0v) is 14.4. The molecule has 2 aromatic carbocycles. The van der Waals surface area contributed by atoms with Crippen molar-refractivity contribution in [3.8, 4) is 0 Å². The van der Waals surface area contributed by atoms with Gasteiger partial charge in [0, 0.05) is 18.3 Å². The number of rotatable bonds is 2. The molecule has 0 N–H and O–H groups in total. The van der Waals surface area contributed by atoms with E-state index in [1.807, 2.05) is 24.3 Å². The standard InChI is InChI=1S/C20H16N2O4/c1-3-10-4-6-11(7-5-10)22-19(25)13-9-15-14(17(23)21(2)18(15)24)8-12(13)16-20(22)26-16/h4-9,16,20H,3H2,1-2H3. The highest BCUT2D eigenvalue weighted by Crippen LogP contribution is 2.49. The SMILES string of the molecule is CCc1ccc(N2C(=O)c3cc4c(cc3C3OC32)C(=O)N(C)C4=O)cc1. The number of imide groups is 1. The van der Waals surface area contributed by atoms with Gasteiger partial charge in [0.15, 0.2) is 6.23 Å². The fourth-order valence-corrected chi connectivity index (χ4v) is 3.77. The third kappa shape index (κ3) is 1.87. The molecule has 0 aromatic heterocycles. The number of nitrogens with zero attached hydrogens (tertiary/aromatic N) is 2. The maximum absolute atomic E-state index is 13.1. The summed E-state index contributed by atoms with van der Waals surface area (Å²) in [6.45, 7) is 2.08. The Labute approximate surface area is 150 Å². The number of carbonyl (C=O) groups is 3. The van der Waals surface area contributed by atoms with Gasteiger partial charge in [-0.05, 0) is 41.8 Å². The number of benzene rings is 2. The summed E-state index contributed by atoms with van der Waals surface area (Å²) in [6, 6.07) is 11.0. The summed E-state index contributed by atoms with van der Waals surface area (Å²) in [4.78, 5) is 40.3. The third-order valence-electron chi connectivity index (χ3n) is 5.36. The number of ether oxygens (including phenoxy) is 1. The molecule has 2 atom stereocenters. The van der Waals surface area contributed by atoms with Gasteiger partial charge in [0.2, 0.25) is 0 Å². The van der Waals surface area contributed by atoms with Crippen LogP contribution < -0.4 is 4.90 Å². The minimum absolute atomic E-state index is 0.208. The van der Waals surface area contributed by atoms with Crippen molar-refractivity contribution in [1.82, 2.24) is 4.90 Å². The largest absolute Gasteiger partial charge is 0.342 e. The van der Waals surface area contributed by atoms with Gasteiger partial charge in [0.1, 0.15) is 6.10 Å². The van der Waals surface area contributed by atoms with Gasteiger partial charge in [0.05, 0.1) is 11.1 Å². The number of amides is 3. The van der Waals surface area contributed by atoms with Gasteiger partial charge in [-0.3, -0.25) is 24.2 Å². The van der Waals surface area contributed by atoms with Gasteiger partial charge in [-0.15, -0.1) is 0 Å². The summed E-state index contributed by atoms with van der Waals surface area (Å²) in [5.41, 5.74) is 3.71. The Bertz CT molecular complexity index is 996. The molecule has 2 aromatic rings. The average molecular weight is 348 g/mol. The van der Waals surface area contributed by atoms with E-state index in [1.165, 1.54) is 12.6 Å². The Morgan fingerprint density at radius 3 is 2.23 bits per heavy atom. The van der Waals surface area contributed by atoms with Crippen molar-refractivity contribution in [2.45, 2.75) is 25.7 Å². The first-order valence-corrected chi connectivity index (χ1v) is 8.59. The average Bonchev–Trinajstić information content (AvgIpc) is 3.42. The molecule has 5 rings (SSSR count). The van der Waals surface area contributed by atoms with Crippen LogP contribution in [0.5, 0.6) is 0 Å². The van der Waals surface area contributed by atoms with E-state index >= 15 is 0 Å². The third-order valence-corrected chi connectivity index (χ3v) is 5.36. The van der Waals surface area contributed by atoms with Gasteiger partial charge < -0.3 is 4.74 Å². The second-order valence-corrected chi connectivity index (χ2v) is 6.80. The molecule has 0 radical (unpaired) electrons. The molecule has 3 amide bonds. The molecular weight excluding hydrogens is 332 g/mol. The van der Waals surface area contributed by atoms with Crippen molar-refractivity contribution in [2.75, 3.05) is 11.9 Å². The molecule has 0 aliphatic carbocycles. The summed E-state index contributed by atoms with van der Waals surface area (Å²) in [7, 11) is 1.45. The van der Waals surface area contributed by atoms with Crippen LogP contribution >= 0.6 is 0 Å². The zero-order valence-electron chi connectivity index (χ0n) is 14.4. The van der Waals surface area contributed by atoms with E-state index in [0.717, 1.165) is 17.0 Å². The van der Waals surface area contributed by atoms with Crippen molar-refractivity contribution in [3.63, 3.8) is 0 Å². The van der Waals surface area contributed by atoms with Crippen LogP contribution in [0.4, 0.5) is 5.69 Å². The van der Waals surface area contributed by atoms with Crippen molar-refractivity contribution < 1.29 is 19.1 Å². The maximum Gasteiger partial charge on any atom is 0.261 e. The van der Waals surface area contributed by atoms with Crippen molar-refractivity contribution >= 4 is 23.4 Å². The van der Waals surface area contributed by atoms with E-state index in [1.54, 1.807) is 17.0 Å².